The summed E-state index contributed by atoms with van der Waals surface area (Å²) in [6, 6.07) is 2.77. The van der Waals surface area contributed by atoms with Crippen molar-refractivity contribution in [3.63, 3.8) is 0 Å². The van der Waals surface area contributed by atoms with Crippen molar-refractivity contribution in [2.75, 3.05) is 7.05 Å². The molecule has 0 saturated heterocycles. The molecule has 0 atom stereocenters. The van der Waals surface area contributed by atoms with Gasteiger partial charge in [0.15, 0.2) is 5.69 Å². The van der Waals surface area contributed by atoms with Crippen molar-refractivity contribution in [2.45, 2.75) is 6.92 Å². The van der Waals surface area contributed by atoms with Gasteiger partial charge in [0.2, 0.25) is 0 Å². The Bertz CT molecular complexity index is 779. The lowest BCUT2D eigenvalue weighted by Gasteiger charge is -1.99. The first-order valence-electron chi connectivity index (χ1n) is 6.09. The van der Waals surface area contributed by atoms with Gasteiger partial charge >= 0.3 is 6.03 Å². The SMILES string of the molecule is CNC(=O)N/N=C(\C)c1sc(-c2cncc(F)c2)nc1C#N. The molecular formula is C13H11FN6OS. The van der Waals surface area contributed by atoms with E-state index < -0.39 is 11.8 Å². The first-order valence-corrected chi connectivity index (χ1v) is 6.91. The first kappa shape index (κ1) is 15.5. The van der Waals surface area contributed by atoms with Crippen molar-refractivity contribution >= 4 is 23.1 Å². The number of rotatable bonds is 3. The fourth-order valence-corrected chi connectivity index (χ4v) is 2.48. The Kier molecular flexibility index (Phi) is 4.75. The number of amides is 2. The molecular weight excluding hydrogens is 307 g/mol. The minimum Gasteiger partial charge on any atom is -0.340 e. The molecule has 2 heterocycles. The number of nitrogens with one attached hydrogen (secondary N) is 2. The van der Waals surface area contributed by atoms with E-state index in [0.29, 0.717) is 21.2 Å². The van der Waals surface area contributed by atoms with Crippen LogP contribution in [0.15, 0.2) is 23.6 Å². The molecule has 0 aliphatic rings. The van der Waals surface area contributed by atoms with Crippen LogP contribution in [0.3, 0.4) is 0 Å². The number of hydrogen-bond acceptors (Lipinski definition) is 6. The van der Waals surface area contributed by atoms with Crippen LogP contribution < -0.4 is 10.7 Å². The molecule has 112 valence electrons. The van der Waals surface area contributed by atoms with E-state index in [1.54, 1.807) is 6.92 Å². The Labute approximate surface area is 129 Å². The summed E-state index contributed by atoms with van der Waals surface area (Å²) in [6.45, 7) is 1.64. The van der Waals surface area contributed by atoms with E-state index in [4.69, 9.17) is 5.26 Å². The van der Waals surface area contributed by atoms with Gasteiger partial charge in [-0.1, -0.05) is 0 Å². The molecule has 2 N–H and O–H groups in total. The lowest BCUT2D eigenvalue weighted by Crippen LogP contribution is -2.29. The molecule has 2 aromatic heterocycles. The number of halogens is 1. The number of carbonyl (C=O) groups excluding carboxylic acids is 1. The lowest BCUT2D eigenvalue weighted by molar-refractivity contribution is 0.243. The van der Waals surface area contributed by atoms with Crippen LogP contribution in [0.5, 0.6) is 0 Å². The summed E-state index contributed by atoms with van der Waals surface area (Å²) in [7, 11) is 1.46. The van der Waals surface area contributed by atoms with Crippen LogP contribution in [-0.2, 0) is 0 Å². The zero-order valence-corrected chi connectivity index (χ0v) is 12.5. The van der Waals surface area contributed by atoms with Crippen molar-refractivity contribution in [2.24, 2.45) is 5.10 Å². The molecule has 7 nitrogen and oxygen atoms in total. The second-order valence-corrected chi connectivity index (χ2v) is 5.09. The number of urea groups is 1. The van der Waals surface area contributed by atoms with Gasteiger partial charge in [0, 0.05) is 18.8 Å². The topological polar surface area (TPSA) is 103 Å². The summed E-state index contributed by atoms with van der Waals surface area (Å²) in [5.74, 6) is -0.487. The zero-order chi connectivity index (χ0) is 16.1. The predicted molar refractivity (Wildman–Crippen MR) is 79.8 cm³/mol. The highest BCUT2D eigenvalue weighted by Gasteiger charge is 2.15. The van der Waals surface area contributed by atoms with Crippen LogP contribution in [0.1, 0.15) is 17.5 Å². The van der Waals surface area contributed by atoms with Crippen LogP contribution in [0, 0.1) is 17.1 Å². The van der Waals surface area contributed by atoms with Gasteiger partial charge in [-0.05, 0) is 13.0 Å². The Balaban J connectivity index is 2.37. The van der Waals surface area contributed by atoms with Crippen LogP contribution in [-0.4, -0.2) is 28.8 Å². The van der Waals surface area contributed by atoms with E-state index in [0.717, 1.165) is 6.20 Å². The van der Waals surface area contributed by atoms with Crippen LogP contribution in [0.2, 0.25) is 0 Å². The summed E-state index contributed by atoms with van der Waals surface area (Å²) in [5, 5.41) is 15.8. The number of nitriles is 1. The normalized spacial score (nSPS) is 10.9. The summed E-state index contributed by atoms with van der Waals surface area (Å²) >= 11 is 1.17. The minimum atomic E-state index is -0.487. The third kappa shape index (κ3) is 3.42. The monoisotopic (exact) mass is 318 g/mol. The molecule has 0 spiro atoms. The predicted octanol–water partition coefficient (Wildman–Crippen LogP) is 1.87. The number of nitrogens with zero attached hydrogens (tertiary/aromatic N) is 4. The fraction of sp³-hybridized carbons (Fsp3) is 0.154. The quantitative estimate of drug-likeness (QED) is 0.666. The number of pyridine rings is 1. The third-order valence-corrected chi connectivity index (χ3v) is 3.78. The maximum Gasteiger partial charge on any atom is 0.334 e. The molecule has 0 fully saturated rings. The molecule has 0 aliphatic heterocycles. The average molecular weight is 318 g/mol. The molecule has 0 unspecified atom stereocenters. The summed E-state index contributed by atoms with van der Waals surface area (Å²) in [6.07, 6.45) is 2.55. The van der Waals surface area contributed by atoms with Gasteiger partial charge in [0.1, 0.15) is 16.9 Å². The second kappa shape index (κ2) is 6.73. The molecule has 0 saturated carbocycles. The summed E-state index contributed by atoms with van der Waals surface area (Å²) < 4.78 is 13.2. The summed E-state index contributed by atoms with van der Waals surface area (Å²) in [5.41, 5.74) is 3.33. The van der Waals surface area contributed by atoms with Gasteiger partial charge in [-0.25, -0.2) is 19.6 Å². The Morgan fingerprint density at radius 2 is 2.27 bits per heavy atom. The number of hydrogen-bond donors (Lipinski definition) is 2. The van der Waals surface area contributed by atoms with Gasteiger partial charge in [0.25, 0.3) is 0 Å². The highest BCUT2D eigenvalue weighted by atomic mass is 32.1. The van der Waals surface area contributed by atoms with E-state index in [-0.39, 0.29) is 5.69 Å². The fourth-order valence-electron chi connectivity index (χ4n) is 1.53. The average Bonchev–Trinajstić information content (AvgIpc) is 2.96. The lowest BCUT2D eigenvalue weighted by atomic mass is 10.3. The van der Waals surface area contributed by atoms with Crippen molar-refractivity contribution in [3.8, 4) is 16.6 Å². The zero-order valence-electron chi connectivity index (χ0n) is 11.7. The number of aromatic nitrogens is 2. The maximum atomic E-state index is 13.2. The molecule has 2 rings (SSSR count). The Hall–Kier alpha value is -2.86. The van der Waals surface area contributed by atoms with Gasteiger partial charge in [-0.3, -0.25) is 4.98 Å². The second-order valence-electron chi connectivity index (χ2n) is 4.09. The van der Waals surface area contributed by atoms with E-state index in [2.05, 4.69) is 25.8 Å². The van der Waals surface area contributed by atoms with Gasteiger partial charge in [0.05, 0.1) is 16.8 Å². The van der Waals surface area contributed by atoms with Crippen molar-refractivity contribution in [1.82, 2.24) is 20.7 Å². The van der Waals surface area contributed by atoms with Gasteiger partial charge < -0.3 is 5.32 Å². The maximum absolute atomic E-state index is 13.2. The van der Waals surface area contributed by atoms with E-state index >= 15 is 0 Å². The molecule has 2 aromatic rings. The highest BCUT2D eigenvalue weighted by Crippen LogP contribution is 2.28. The van der Waals surface area contributed by atoms with E-state index in [1.165, 1.54) is 30.6 Å². The third-order valence-electron chi connectivity index (χ3n) is 2.57. The van der Waals surface area contributed by atoms with Crippen molar-refractivity contribution in [1.29, 1.82) is 5.26 Å². The minimum absolute atomic E-state index is 0.157. The molecule has 0 bridgehead atoms. The first-order chi connectivity index (χ1) is 10.5. The van der Waals surface area contributed by atoms with Gasteiger partial charge in [-0.15, -0.1) is 11.3 Å². The largest absolute Gasteiger partial charge is 0.340 e. The van der Waals surface area contributed by atoms with Crippen LogP contribution >= 0.6 is 11.3 Å². The number of hydrazone groups is 1. The van der Waals surface area contributed by atoms with E-state index in [9.17, 15) is 9.18 Å². The Morgan fingerprint density at radius 1 is 1.50 bits per heavy atom. The smallest absolute Gasteiger partial charge is 0.334 e. The van der Waals surface area contributed by atoms with Crippen molar-refractivity contribution in [3.05, 3.63) is 34.8 Å². The number of thiazole rings is 1. The molecule has 22 heavy (non-hydrogen) atoms. The Morgan fingerprint density at radius 3 is 2.91 bits per heavy atom. The van der Waals surface area contributed by atoms with E-state index in [1.807, 2.05) is 6.07 Å². The summed E-state index contributed by atoms with van der Waals surface area (Å²) in [4.78, 5) is 19.5. The molecule has 2 amide bonds. The van der Waals surface area contributed by atoms with Crippen molar-refractivity contribution < 1.29 is 9.18 Å². The molecule has 9 heteroatoms. The van der Waals surface area contributed by atoms with Crippen LogP contribution in [0.25, 0.3) is 10.6 Å². The standard InChI is InChI=1S/C13H11FN6OS/c1-7(19-20-13(21)16-2)11-10(4-15)18-12(22-11)8-3-9(14)6-17-5-8/h3,5-6H,1-2H3,(H2,16,20,21)/b19-7+. The van der Waals surface area contributed by atoms with Gasteiger partial charge in [-0.2, -0.15) is 10.4 Å². The molecule has 0 radical (unpaired) electrons. The molecule has 0 aromatic carbocycles. The highest BCUT2D eigenvalue weighted by molar-refractivity contribution is 7.17. The number of carbonyl (C=O) groups is 1. The molecule has 0 aliphatic carbocycles. The van der Waals surface area contributed by atoms with Crippen LogP contribution in [0.4, 0.5) is 9.18 Å².